The van der Waals surface area contributed by atoms with E-state index in [0.29, 0.717) is 5.69 Å². The van der Waals surface area contributed by atoms with Crippen molar-refractivity contribution in [2.45, 2.75) is 38.3 Å². The number of hydrogen-bond acceptors (Lipinski definition) is 2. The minimum atomic E-state index is -4.71. The van der Waals surface area contributed by atoms with Crippen molar-refractivity contribution in [2.24, 2.45) is 7.05 Å². The zero-order chi connectivity index (χ0) is 18.6. The van der Waals surface area contributed by atoms with Crippen molar-refractivity contribution in [1.82, 2.24) is 9.78 Å². The molecule has 2 aromatic rings. The third-order valence-corrected chi connectivity index (χ3v) is 5.54. The predicted octanol–water partition coefficient (Wildman–Crippen LogP) is 4.68. The van der Waals surface area contributed by atoms with E-state index in [9.17, 15) is 18.0 Å². The van der Waals surface area contributed by atoms with Crippen LogP contribution in [0.2, 0.25) is 0 Å². The Kier molecular flexibility index (Phi) is 4.21. The Morgan fingerprint density at radius 2 is 2.04 bits per heavy atom. The first-order chi connectivity index (χ1) is 11.5. The van der Waals surface area contributed by atoms with E-state index in [-0.39, 0.29) is 10.0 Å². The summed E-state index contributed by atoms with van der Waals surface area (Å²) >= 11 is 3.03. The van der Waals surface area contributed by atoms with Crippen LogP contribution in [0.15, 0.2) is 22.8 Å². The van der Waals surface area contributed by atoms with Gasteiger partial charge < -0.3 is 5.32 Å². The number of alkyl halides is 3. The minimum absolute atomic E-state index is 0.00905. The molecule has 134 valence electrons. The summed E-state index contributed by atoms with van der Waals surface area (Å²) in [6, 6.07) is 5.53. The van der Waals surface area contributed by atoms with Gasteiger partial charge in [0.25, 0.3) is 5.91 Å². The van der Waals surface area contributed by atoms with Crippen molar-refractivity contribution in [3.63, 3.8) is 0 Å². The summed E-state index contributed by atoms with van der Waals surface area (Å²) in [5.41, 5.74) is 0.928. The van der Waals surface area contributed by atoms with E-state index in [1.165, 1.54) is 7.05 Å². The molecule has 8 heteroatoms. The van der Waals surface area contributed by atoms with Crippen LogP contribution in [0.25, 0.3) is 0 Å². The summed E-state index contributed by atoms with van der Waals surface area (Å²) in [7, 11) is 1.35. The summed E-state index contributed by atoms with van der Waals surface area (Å²) in [5.74, 6) is -0.828. The molecule has 1 heterocycles. The van der Waals surface area contributed by atoms with Crippen LogP contribution in [0.4, 0.5) is 18.9 Å². The highest BCUT2D eigenvalue weighted by Crippen LogP contribution is 2.42. The molecule has 4 nitrogen and oxygen atoms in total. The Morgan fingerprint density at radius 1 is 1.36 bits per heavy atom. The quantitative estimate of drug-likeness (QED) is 0.773. The van der Waals surface area contributed by atoms with E-state index >= 15 is 0 Å². The van der Waals surface area contributed by atoms with E-state index in [1.54, 1.807) is 6.07 Å². The molecule has 0 aliphatic heterocycles. The van der Waals surface area contributed by atoms with Crippen molar-refractivity contribution in [3.05, 3.63) is 45.2 Å². The van der Waals surface area contributed by atoms with Crippen molar-refractivity contribution in [3.8, 4) is 0 Å². The molecule has 0 unspecified atom stereocenters. The standard InChI is InChI=1S/C17H17BrF3N3O/c1-16(2)8-7-9-10(16)5-4-6-11(9)22-15(25)12-13(17(19,20)21)23-24(3)14(12)18/h4-6H,7-8H2,1-3H3,(H,22,25). The summed E-state index contributed by atoms with van der Waals surface area (Å²) in [6.45, 7) is 4.23. The molecule has 0 saturated heterocycles. The highest BCUT2D eigenvalue weighted by atomic mass is 79.9. The lowest BCUT2D eigenvalue weighted by Crippen LogP contribution is -2.19. The third kappa shape index (κ3) is 3.07. The first kappa shape index (κ1) is 18.0. The molecule has 1 aliphatic rings. The number of aromatic nitrogens is 2. The van der Waals surface area contributed by atoms with Crippen LogP contribution in [0.3, 0.4) is 0 Å². The van der Waals surface area contributed by atoms with Crippen LogP contribution in [0.1, 0.15) is 47.4 Å². The highest BCUT2D eigenvalue weighted by Gasteiger charge is 2.41. The Labute approximate surface area is 151 Å². The molecule has 0 fully saturated rings. The lowest BCUT2D eigenvalue weighted by atomic mass is 9.86. The summed E-state index contributed by atoms with van der Waals surface area (Å²) in [5, 5.41) is 6.06. The number of amides is 1. The van der Waals surface area contributed by atoms with Gasteiger partial charge in [-0.2, -0.15) is 18.3 Å². The maximum Gasteiger partial charge on any atom is 0.436 e. The van der Waals surface area contributed by atoms with Gasteiger partial charge in [0.2, 0.25) is 0 Å². The summed E-state index contributed by atoms with van der Waals surface area (Å²) in [6.07, 6.45) is -3.00. The maximum atomic E-state index is 13.2. The molecule has 1 aromatic carbocycles. The van der Waals surface area contributed by atoms with Gasteiger partial charge in [0.15, 0.2) is 5.69 Å². The zero-order valence-corrected chi connectivity index (χ0v) is 15.5. The van der Waals surface area contributed by atoms with Crippen LogP contribution in [-0.4, -0.2) is 15.7 Å². The first-order valence-electron chi connectivity index (χ1n) is 7.76. The molecule has 1 N–H and O–H groups in total. The Morgan fingerprint density at radius 3 is 2.68 bits per heavy atom. The number of nitrogens with zero attached hydrogens (tertiary/aromatic N) is 2. The second-order valence-electron chi connectivity index (χ2n) is 6.81. The predicted molar refractivity (Wildman–Crippen MR) is 91.7 cm³/mol. The highest BCUT2D eigenvalue weighted by molar-refractivity contribution is 9.10. The van der Waals surface area contributed by atoms with E-state index in [4.69, 9.17) is 0 Å². The maximum absolute atomic E-state index is 13.2. The van der Waals surface area contributed by atoms with Crippen molar-refractivity contribution in [2.75, 3.05) is 5.32 Å². The lowest BCUT2D eigenvalue weighted by Gasteiger charge is -2.19. The first-order valence-corrected chi connectivity index (χ1v) is 8.55. The van der Waals surface area contributed by atoms with Gasteiger partial charge in [-0.3, -0.25) is 9.48 Å². The largest absolute Gasteiger partial charge is 0.436 e. The van der Waals surface area contributed by atoms with Gasteiger partial charge in [0.1, 0.15) is 10.2 Å². The van der Waals surface area contributed by atoms with Crippen LogP contribution in [-0.2, 0) is 25.1 Å². The molecule has 0 saturated carbocycles. The molecule has 0 radical (unpaired) electrons. The monoisotopic (exact) mass is 415 g/mol. The fourth-order valence-electron chi connectivity index (χ4n) is 3.27. The second kappa shape index (κ2) is 5.86. The SMILES string of the molecule is Cn1nc(C(F)(F)F)c(C(=O)Nc2cccc3c2CCC3(C)C)c1Br. The lowest BCUT2D eigenvalue weighted by molar-refractivity contribution is -0.141. The van der Waals surface area contributed by atoms with Gasteiger partial charge in [0.05, 0.1) is 0 Å². The van der Waals surface area contributed by atoms with Crippen LogP contribution < -0.4 is 5.32 Å². The van der Waals surface area contributed by atoms with Crippen molar-refractivity contribution < 1.29 is 18.0 Å². The number of benzene rings is 1. The number of halogens is 4. The van der Waals surface area contributed by atoms with Gasteiger partial charge in [0, 0.05) is 12.7 Å². The molecular formula is C17H17BrF3N3O. The van der Waals surface area contributed by atoms with Gasteiger partial charge in [-0.15, -0.1) is 0 Å². The van der Waals surface area contributed by atoms with E-state index in [2.05, 4.69) is 40.2 Å². The van der Waals surface area contributed by atoms with Gasteiger partial charge >= 0.3 is 6.18 Å². The number of carbonyl (C=O) groups is 1. The van der Waals surface area contributed by atoms with E-state index in [0.717, 1.165) is 28.7 Å². The van der Waals surface area contributed by atoms with Crippen LogP contribution >= 0.6 is 15.9 Å². The molecule has 3 rings (SSSR count). The molecule has 0 spiro atoms. The van der Waals surface area contributed by atoms with Gasteiger partial charge in [-0.1, -0.05) is 26.0 Å². The fourth-order valence-corrected chi connectivity index (χ4v) is 3.71. The van der Waals surface area contributed by atoms with Gasteiger partial charge in [-0.25, -0.2) is 0 Å². The molecule has 0 bridgehead atoms. The smallest absolute Gasteiger partial charge is 0.322 e. The number of carbonyl (C=O) groups excluding carboxylic acids is 1. The molecule has 25 heavy (non-hydrogen) atoms. The average Bonchev–Trinajstić information content (AvgIpc) is 2.98. The molecule has 1 amide bonds. The topological polar surface area (TPSA) is 46.9 Å². The molecular weight excluding hydrogens is 399 g/mol. The molecule has 1 aliphatic carbocycles. The van der Waals surface area contributed by atoms with Gasteiger partial charge in [-0.05, 0) is 51.4 Å². The molecule has 1 aromatic heterocycles. The van der Waals surface area contributed by atoms with E-state index in [1.807, 2.05) is 12.1 Å². The number of fused-ring (bicyclic) bond motifs is 1. The average molecular weight is 416 g/mol. The number of anilines is 1. The number of nitrogens with one attached hydrogen (secondary N) is 1. The summed E-state index contributed by atoms with van der Waals surface area (Å²) < 4.78 is 40.5. The fraction of sp³-hybridized carbons (Fsp3) is 0.412. The van der Waals surface area contributed by atoms with Crippen molar-refractivity contribution >= 4 is 27.5 Å². The Hall–Kier alpha value is -1.83. The molecule has 0 atom stereocenters. The van der Waals surface area contributed by atoms with Crippen LogP contribution in [0.5, 0.6) is 0 Å². The Bertz CT molecular complexity index is 856. The second-order valence-corrected chi connectivity index (χ2v) is 7.56. The Balaban J connectivity index is 2.00. The summed E-state index contributed by atoms with van der Waals surface area (Å²) in [4.78, 5) is 12.6. The van der Waals surface area contributed by atoms with E-state index < -0.39 is 23.3 Å². The van der Waals surface area contributed by atoms with Crippen molar-refractivity contribution in [1.29, 1.82) is 0 Å². The third-order valence-electron chi connectivity index (χ3n) is 4.63. The zero-order valence-electron chi connectivity index (χ0n) is 14.0. The number of rotatable bonds is 2. The number of aryl methyl sites for hydroxylation is 1. The van der Waals surface area contributed by atoms with Crippen LogP contribution in [0, 0.1) is 0 Å². The minimum Gasteiger partial charge on any atom is -0.322 e. The number of hydrogen-bond donors (Lipinski definition) is 1. The normalized spacial score (nSPS) is 16.0.